The molecule has 0 N–H and O–H groups in total. The van der Waals surface area contributed by atoms with Gasteiger partial charge in [0.15, 0.2) is 0 Å². The van der Waals surface area contributed by atoms with Gasteiger partial charge in [-0.15, -0.1) is 6.58 Å². The summed E-state index contributed by atoms with van der Waals surface area (Å²) in [6, 6.07) is 4.92. The molecule has 2 rings (SSSR count). The first-order valence-corrected chi connectivity index (χ1v) is 6.16. The number of imidazole rings is 1. The van der Waals surface area contributed by atoms with Crippen molar-refractivity contribution in [2.75, 3.05) is 6.61 Å². The molecule has 1 aromatic carbocycles. The Hall–Kier alpha value is -2.01. The molecule has 0 aliphatic carbocycles. The molecule has 0 bridgehead atoms. The van der Waals surface area contributed by atoms with Gasteiger partial charge in [-0.3, -0.25) is 4.57 Å². The molecule has 0 aliphatic rings. The molecule has 5 nitrogen and oxygen atoms in total. The minimum atomic E-state index is -0.706. The third-order valence-electron chi connectivity index (χ3n) is 2.65. The Kier molecular flexibility index (Phi) is 3.76. The zero-order valence-corrected chi connectivity index (χ0v) is 11.2. The van der Waals surface area contributed by atoms with E-state index in [9.17, 15) is 9.59 Å². The number of hydrogen-bond donors (Lipinski definition) is 0. The predicted molar refractivity (Wildman–Crippen MR) is 73.8 cm³/mol. The molecule has 0 atom stereocenters. The lowest BCUT2D eigenvalue weighted by molar-refractivity contribution is 0.154. The Bertz CT molecular complexity index is 700. The van der Waals surface area contributed by atoms with Gasteiger partial charge in [0.2, 0.25) is 0 Å². The molecule has 1 aromatic heterocycles. The second kappa shape index (κ2) is 5.32. The zero-order chi connectivity index (χ0) is 14.0. The number of carbonyl (C=O) groups is 1. The summed E-state index contributed by atoms with van der Waals surface area (Å²) in [5.74, 6) is 0. The number of ether oxygens (including phenoxy) is 1. The highest BCUT2D eigenvalue weighted by atomic mass is 35.5. The molecule has 100 valence electrons. The fourth-order valence-corrected chi connectivity index (χ4v) is 2.07. The van der Waals surface area contributed by atoms with Crippen LogP contribution in [0.1, 0.15) is 6.92 Å². The smallest absolute Gasteiger partial charge is 0.422 e. The minimum Gasteiger partial charge on any atom is -0.449 e. The van der Waals surface area contributed by atoms with Crippen molar-refractivity contribution in [1.82, 2.24) is 9.13 Å². The topological polar surface area (TPSA) is 53.2 Å². The number of benzene rings is 1. The van der Waals surface area contributed by atoms with Crippen molar-refractivity contribution in [2.45, 2.75) is 13.5 Å². The molecule has 2 aromatic rings. The van der Waals surface area contributed by atoms with Gasteiger partial charge >= 0.3 is 11.8 Å². The van der Waals surface area contributed by atoms with Crippen molar-refractivity contribution in [3.8, 4) is 0 Å². The van der Waals surface area contributed by atoms with Gasteiger partial charge in [-0.05, 0) is 25.1 Å². The van der Waals surface area contributed by atoms with Gasteiger partial charge in [0.25, 0.3) is 0 Å². The van der Waals surface area contributed by atoms with Gasteiger partial charge in [0.05, 0.1) is 17.6 Å². The fraction of sp³-hybridized carbons (Fsp3) is 0.231. The van der Waals surface area contributed by atoms with Gasteiger partial charge in [-0.25, -0.2) is 9.59 Å². The van der Waals surface area contributed by atoms with Crippen LogP contribution in [0.3, 0.4) is 0 Å². The van der Waals surface area contributed by atoms with E-state index in [4.69, 9.17) is 16.3 Å². The minimum absolute atomic E-state index is 0.194. The van der Waals surface area contributed by atoms with Crippen molar-refractivity contribution >= 4 is 28.7 Å². The van der Waals surface area contributed by atoms with E-state index in [-0.39, 0.29) is 6.61 Å². The summed E-state index contributed by atoms with van der Waals surface area (Å²) < 4.78 is 7.31. The van der Waals surface area contributed by atoms with Crippen LogP contribution in [0.25, 0.3) is 11.0 Å². The van der Waals surface area contributed by atoms with Crippen molar-refractivity contribution in [3.63, 3.8) is 0 Å². The highest BCUT2D eigenvalue weighted by molar-refractivity contribution is 6.31. The van der Waals surface area contributed by atoms with E-state index in [1.54, 1.807) is 31.2 Å². The molecule has 0 aliphatic heterocycles. The van der Waals surface area contributed by atoms with Crippen LogP contribution in [0, 0.1) is 0 Å². The maximum Gasteiger partial charge on any atom is 0.422 e. The summed E-state index contributed by atoms with van der Waals surface area (Å²) in [4.78, 5) is 24.1. The highest BCUT2D eigenvalue weighted by Crippen LogP contribution is 2.19. The van der Waals surface area contributed by atoms with E-state index in [2.05, 4.69) is 6.58 Å². The number of hydrogen-bond acceptors (Lipinski definition) is 3. The molecule has 0 saturated heterocycles. The van der Waals surface area contributed by atoms with Crippen LogP contribution >= 0.6 is 11.6 Å². The second-order valence-electron chi connectivity index (χ2n) is 3.85. The van der Waals surface area contributed by atoms with Crippen molar-refractivity contribution in [3.05, 3.63) is 46.4 Å². The molecule has 0 unspecified atom stereocenters. The lowest BCUT2D eigenvalue weighted by Crippen LogP contribution is -2.29. The quantitative estimate of drug-likeness (QED) is 0.812. The Labute approximate surface area is 114 Å². The van der Waals surface area contributed by atoms with E-state index >= 15 is 0 Å². The van der Waals surface area contributed by atoms with Gasteiger partial charge in [0.1, 0.15) is 0 Å². The number of nitrogens with zero attached hydrogens (tertiary/aromatic N) is 2. The summed E-state index contributed by atoms with van der Waals surface area (Å²) >= 11 is 5.91. The van der Waals surface area contributed by atoms with Crippen molar-refractivity contribution < 1.29 is 9.53 Å². The number of allylic oxidation sites excluding steroid dienone is 1. The van der Waals surface area contributed by atoms with Crippen LogP contribution in [-0.4, -0.2) is 21.8 Å². The SMILES string of the molecule is C=CCn1c(=O)n(C(=O)OCC)c2cc(Cl)ccc21. The van der Waals surface area contributed by atoms with Crippen LogP contribution in [-0.2, 0) is 11.3 Å². The highest BCUT2D eigenvalue weighted by Gasteiger charge is 2.18. The van der Waals surface area contributed by atoms with E-state index in [0.717, 1.165) is 4.57 Å². The first-order valence-electron chi connectivity index (χ1n) is 5.79. The maximum absolute atomic E-state index is 12.2. The molecule has 0 saturated carbocycles. The van der Waals surface area contributed by atoms with Gasteiger partial charge in [-0.1, -0.05) is 17.7 Å². The van der Waals surface area contributed by atoms with Crippen molar-refractivity contribution in [1.29, 1.82) is 0 Å². The third kappa shape index (κ3) is 2.29. The fourth-order valence-electron chi connectivity index (χ4n) is 1.90. The lowest BCUT2D eigenvalue weighted by atomic mass is 10.3. The van der Waals surface area contributed by atoms with Gasteiger partial charge in [0, 0.05) is 11.6 Å². The molecular formula is C13H13ClN2O3. The van der Waals surface area contributed by atoms with E-state index < -0.39 is 11.8 Å². The standard InChI is InChI=1S/C13H13ClN2O3/c1-3-7-15-10-6-5-9(14)8-11(10)16(12(15)17)13(18)19-4-2/h3,5-6,8H,1,4,7H2,2H3. The molecule has 6 heteroatoms. The Morgan fingerprint density at radius 3 is 2.84 bits per heavy atom. The molecule has 0 radical (unpaired) electrons. The van der Waals surface area contributed by atoms with Crippen LogP contribution < -0.4 is 5.69 Å². The van der Waals surface area contributed by atoms with E-state index in [0.29, 0.717) is 22.6 Å². The summed E-state index contributed by atoms with van der Waals surface area (Å²) in [5, 5.41) is 0.446. The third-order valence-corrected chi connectivity index (χ3v) is 2.89. The number of halogens is 1. The van der Waals surface area contributed by atoms with Gasteiger partial charge in [-0.2, -0.15) is 4.57 Å². The number of carbonyl (C=O) groups excluding carboxylic acids is 1. The lowest BCUT2D eigenvalue weighted by Gasteiger charge is -2.01. The number of rotatable bonds is 3. The first kappa shape index (κ1) is 13.4. The maximum atomic E-state index is 12.2. The number of fused-ring (bicyclic) bond motifs is 1. The number of aromatic nitrogens is 2. The van der Waals surface area contributed by atoms with Crippen LogP contribution in [0.2, 0.25) is 5.02 Å². The van der Waals surface area contributed by atoms with E-state index in [1.165, 1.54) is 4.57 Å². The normalized spacial score (nSPS) is 10.6. The van der Waals surface area contributed by atoms with Crippen LogP contribution in [0.4, 0.5) is 4.79 Å². The molecule has 0 amide bonds. The largest absolute Gasteiger partial charge is 0.449 e. The van der Waals surface area contributed by atoms with Crippen molar-refractivity contribution in [2.24, 2.45) is 0 Å². The molecule has 19 heavy (non-hydrogen) atoms. The first-order chi connectivity index (χ1) is 9.10. The monoisotopic (exact) mass is 280 g/mol. The summed E-state index contributed by atoms with van der Waals surface area (Å²) in [6.45, 7) is 5.78. The Morgan fingerprint density at radius 1 is 1.47 bits per heavy atom. The van der Waals surface area contributed by atoms with Gasteiger partial charge < -0.3 is 4.74 Å². The predicted octanol–water partition coefficient (Wildman–Crippen LogP) is 2.65. The molecular weight excluding hydrogens is 268 g/mol. The van der Waals surface area contributed by atoms with Crippen LogP contribution in [0.15, 0.2) is 35.6 Å². The molecule has 0 fully saturated rings. The Morgan fingerprint density at radius 2 is 2.21 bits per heavy atom. The zero-order valence-electron chi connectivity index (χ0n) is 10.4. The summed E-state index contributed by atoms with van der Waals surface area (Å²) in [6.07, 6.45) is 0.882. The average molecular weight is 281 g/mol. The second-order valence-corrected chi connectivity index (χ2v) is 4.29. The van der Waals surface area contributed by atoms with E-state index in [1.807, 2.05) is 0 Å². The summed E-state index contributed by atoms with van der Waals surface area (Å²) in [7, 11) is 0. The van der Waals surface area contributed by atoms with Crippen LogP contribution in [0.5, 0.6) is 0 Å². The molecule has 1 heterocycles. The Balaban J connectivity index is 2.77. The average Bonchev–Trinajstić information content (AvgIpc) is 2.63. The summed E-state index contributed by atoms with van der Waals surface area (Å²) in [5.41, 5.74) is 0.579. The molecule has 0 spiro atoms.